The molecule has 1 aliphatic heterocycles. The Morgan fingerprint density at radius 2 is 2.14 bits per heavy atom. The van der Waals surface area contributed by atoms with Gasteiger partial charge in [0.2, 0.25) is 5.91 Å². The van der Waals surface area contributed by atoms with Crippen LogP contribution in [-0.2, 0) is 9.53 Å². The van der Waals surface area contributed by atoms with Crippen molar-refractivity contribution in [3.8, 4) is 0 Å². The lowest BCUT2D eigenvalue weighted by molar-refractivity contribution is -0.136. The molecule has 118 valence electrons. The number of amides is 1. The van der Waals surface area contributed by atoms with Crippen LogP contribution in [-0.4, -0.2) is 37.9 Å². The first-order valence-corrected chi connectivity index (χ1v) is 7.43. The van der Waals surface area contributed by atoms with Gasteiger partial charge in [0, 0.05) is 12.7 Å². The van der Waals surface area contributed by atoms with Gasteiger partial charge in [-0.3, -0.25) is 4.79 Å². The van der Waals surface area contributed by atoms with Gasteiger partial charge in [-0.25, -0.2) is 0 Å². The second-order valence-corrected chi connectivity index (χ2v) is 5.90. The van der Waals surface area contributed by atoms with Crippen molar-refractivity contribution in [2.45, 2.75) is 39.7 Å². The molecule has 2 rings (SSSR count). The Morgan fingerprint density at radius 3 is 2.67 bits per heavy atom. The molecule has 1 aliphatic rings. The zero-order chi connectivity index (χ0) is 15.5. The molecule has 0 bridgehead atoms. The molecule has 0 saturated carbocycles. The molecule has 21 heavy (non-hydrogen) atoms. The number of ether oxygens (including phenoxy) is 1. The predicted octanol–water partition coefficient (Wildman–Crippen LogP) is 1.48. The van der Waals surface area contributed by atoms with Gasteiger partial charge in [0.25, 0.3) is 0 Å². The van der Waals surface area contributed by atoms with Crippen molar-refractivity contribution in [1.82, 2.24) is 15.8 Å². The molecule has 1 amide bonds. The molecule has 1 aromatic rings. The molecule has 2 N–H and O–H groups in total. The number of hydrogen-bond donors (Lipinski definition) is 2. The van der Waals surface area contributed by atoms with Gasteiger partial charge in [0.1, 0.15) is 5.76 Å². The molecular weight excluding hydrogens is 270 g/mol. The predicted molar refractivity (Wildman–Crippen MR) is 78.9 cm³/mol. The van der Waals surface area contributed by atoms with Crippen molar-refractivity contribution < 1.29 is 14.1 Å². The summed E-state index contributed by atoms with van der Waals surface area (Å²) in [6, 6.07) is -0.118. The Labute approximate surface area is 125 Å². The van der Waals surface area contributed by atoms with Crippen LogP contribution in [0.15, 0.2) is 4.52 Å². The number of aromatic nitrogens is 1. The highest BCUT2D eigenvalue weighted by molar-refractivity contribution is 5.83. The largest absolute Gasteiger partial charge is 0.384 e. The van der Waals surface area contributed by atoms with Crippen LogP contribution in [0.5, 0.6) is 0 Å². The van der Waals surface area contributed by atoms with E-state index in [9.17, 15) is 4.79 Å². The summed E-state index contributed by atoms with van der Waals surface area (Å²) in [5.74, 6) is 0.810. The maximum atomic E-state index is 12.8. The van der Waals surface area contributed by atoms with Gasteiger partial charge in [-0.15, -0.1) is 0 Å². The van der Waals surface area contributed by atoms with Crippen LogP contribution in [0, 0.1) is 19.3 Å². The fourth-order valence-corrected chi connectivity index (χ4v) is 3.15. The number of nitrogens with one attached hydrogen (secondary N) is 2. The van der Waals surface area contributed by atoms with Gasteiger partial charge in [0.15, 0.2) is 0 Å². The standard InChI is InChI=1S/C15H25N3O3/c1-10(13-11(2)18-21-12(13)3)17-14(19)15(9-20-4)5-7-16-8-6-15/h10,16H,5-9H2,1-4H3,(H,17,19). The van der Waals surface area contributed by atoms with Crippen LogP contribution < -0.4 is 10.6 Å². The summed E-state index contributed by atoms with van der Waals surface area (Å²) in [5.41, 5.74) is 1.35. The van der Waals surface area contributed by atoms with E-state index in [4.69, 9.17) is 9.26 Å². The van der Waals surface area contributed by atoms with Crippen molar-refractivity contribution in [3.05, 3.63) is 17.0 Å². The molecule has 1 saturated heterocycles. The molecular formula is C15H25N3O3. The van der Waals surface area contributed by atoms with Crippen molar-refractivity contribution in [1.29, 1.82) is 0 Å². The van der Waals surface area contributed by atoms with Crippen LogP contribution in [0.4, 0.5) is 0 Å². The highest BCUT2D eigenvalue weighted by atomic mass is 16.5. The minimum Gasteiger partial charge on any atom is -0.384 e. The molecule has 0 aliphatic carbocycles. The van der Waals surface area contributed by atoms with E-state index in [2.05, 4.69) is 15.8 Å². The van der Waals surface area contributed by atoms with Gasteiger partial charge >= 0.3 is 0 Å². The average molecular weight is 295 g/mol. The van der Waals surface area contributed by atoms with Crippen LogP contribution in [0.2, 0.25) is 0 Å². The van der Waals surface area contributed by atoms with E-state index < -0.39 is 5.41 Å². The Hall–Kier alpha value is -1.40. The van der Waals surface area contributed by atoms with E-state index in [1.807, 2.05) is 20.8 Å². The third-order valence-corrected chi connectivity index (χ3v) is 4.33. The van der Waals surface area contributed by atoms with Crippen LogP contribution >= 0.6 is 0 Å². The summed E-state index contributed by atoms with van der Waals surface area (Å²) in [7, 11) is 1.65. The summed E-state index contributed by atoms with van der Waals surface area (Å²) < 4.78 is 10.5. The topological polar surface area (TPSA) is 76.4 Å². The van der Waals surface area contributed by atoms with Crippen molar-refractivity contribution in [3.63, 3.8) is 0 Å². The molecule has 1 fully saturated rings. The summed E-state index contributed by atoms with van der Waals surface area (Å²) in [6.45, 7) is 7.87. The second kappa shape index (κ2) is 6.58. The minimum absolute atomic E-state index is 0.0540. The summed E-state index contributed by atoms with van der Waals surface area (Å²) in [5, 5.41) is 10.4. The van der Waals surface area contributed by atoms with Crippen LogP contribution in [0.3, 0.4) is 0 Å². The number of methoxy groups -OCH3 is 1. The molecule has 6 nitrogen and oxygen atoms in total. The van der Waals surface area contributed by atoms with Gasteiger partial charge in [-0.2, -0.15) is 0 Å². The molecule has 0 spiro atoms. The second-order valence-electron chi connectivity index (χ2n) is 5.90. The third-order valence-electron chi connectivity index (χ3n) is 4.33. The molecule has 2 heterocycles. The van der Waals surface area contributed by atoms with Crippen molar-refractivity contribution in [2.75, 3.05) is 26.8 Å². The number of carbonyl (C=O) groups excluding carboxylic acids is 1. The van der Waals surface area contributed by atoms with Gasteiger partial charge in [-0.05, 0) is 46.7 Å². The van der Waals surface area contributed by atoms with E-state index in [1.165, 1.54) is 0 Å². The molecule has 0 aromatic carbocycles. The maximum Gasteiger partial charge on any atom is 0.229 e. The van der Waals surface area contributed by atoms with Gasteiger partial charge < -0.3 is 19.9 Å². The Kier molecular flexibility index (Phi) is 5.00. The average Bonchev–Trinajstić information content (AvgIpc) is 2.79. The van der Waals surface area contributed by atoms with Crippen molar-refractivity contribution in [2.24, 2.45) is 5.41 Å². The zero-order valence-electron chi connectivity index (χ0n) is 13.3. The first-order valence-electron chi connectivity index (χ1n) is 7.43. The molecule has 0 radical (unpaired) electrons. The molecule has 1 aromatic heterocycles. The molecule has 1 unspecified atom stereocenters. The van der Waals surface area contributed by atoms with E-state index in [0.29, 0.717) is 6.61 Å². The number of rotatable bonds is 5. The maximum absolute atomic E-state index is 12.8. The number of carbonyl (C=O) groups is 1. The van der Waals surface area contributed by atoms with Crippen LogP contribution in [0.25, 0.3) is 0 Å². The summed E-state index contributed by atoms with van der Waals surface area (Å²) >= 11 is 0. The fraction of sp³-hybridized carbons (Fsp3) is 0.733. The molecule has 1 atom stereocenters. The van der Waals surface area contributed by atoms with Gasteiger partial charge in [-0.1, -0.05) is 5.16 Å². The van der Waals surface area contributed by atoms with E-state index in [0.717, 1.165) is 42.9 Å². The van der Waals surface area contributed by atoms with Crippen molar-refractivity contribution >= 4 is 5.91 Å². The zero-order valence-corrected chi connectivity index (χ0v) is 13.3. The Balaban J connectivity index is 2.11. The highest BCUT2D eigenvalue weighted by Gasteiger charge is 2.40. The SMILES string of the molecule is COCC1(C(=O)NC(C)c2c(C)noc2C)CCNCC1. The number of nitrogens with zero attached hydrogens (tertiary/aromatic N) is 1. The van der Waals surface area contributed by atoms with E-state index in [-0.39, 0.29) is 11.9 Å². The Morgan fingerprint density at radius 1 is 1.48 bits per heavy atom. The van der Waals surface area contributed by atoms with E-state index in [1.54, 1.807) is 7.11 Å². The Bertz CT molecular complexity index is 467. The smallest absolute Gasteiger partial charge is 0.229 e. The summed E-state index contributed by atoms with van der Waals surface area (Å²) in [4.78, 5) is 12.8. The fourth-order valence-electron chi connectivity index (χ4n) is 3.15. The summed E-state index contributed by atoms with van der Waals surface area (Å²) in [6.07, 6.45) is 1.59. The highest BCUT2D eigenvalue weighted by Crippen LogP contribution is 2.31. The normalized spacial score (nSPS) is 19.2. The minimum atomic E-state index is -0.437. The number of piperidine rings is 1. The molecule has 6 heteroatoms. The lowest BCUT2D eigenvalue weighted by Gasteiger charge is -2.36. The number of aryl methyl sites for hydroxylation is 2. The first kappa shape index (κ1) is 16.0. The monoisotopic (exact) mass is 295 g/mol. The van der Waals surface area contributed by atoms with Gasteiger partial charge in [0.05, 0.1) is 23.8 Å². The van der Waals surface area contributed by atoms with Crippen LogP contribution in [0.1, 0.15) is 42.8 Å². The lowest BCUT2D eigenvalue weighted by Crippen LogP contribution is -2.50. The quantitative estimate of drug-likeness (QED) is 0.860. The van der Waals surface area contributed by atoms with E-state index >= 15 is 0 Å². The third kappa shape index (κ3) is 3.27. The number of hydrogen-bond acceptors (Lipinski definition) is 5. The lowest BCUT2D eigenvalue weighted by atomic mass is 9.78. The first-order chi connectivity index (χ1) is 10.00.